The maximum atomic E-state index is 11.8. The van der Waals surface area contributed by atoms with Crippen molar-refractivity contribution in [2.75, 3.05) is 6.54 Å². The van der Waals surface area contributed by atoms with Gasteiger partial charge < -0.3 is 10.4 Å². The lowest BCUT2D eigenvalue weighted by Gasteiger charge is -2.10. The minimum Gasteiger partial charge on any atom is -0.392 e. The van der Waals surface area contributed by atoms with Gasteiger partial charge in [0.1, 0.15) is 0 Å². The Kier molecular flexibility index (Phi) is 2.06. The van der Waals surface area contributed by atoms with Gasteiger partial charge in [0, 0.05) is 12.5 Å². The second kappa shape index (κ2) is 3.21. The fourth-order valence-electron chi connectivity index (χ4n) is 4.04. The highest BCUT2D eigenvalue weighted by atomic mass is 16.3. The average molecular weight is 209 g/mol. The van der Waals surface area contributed by atoms with Crippen LogP contribution in [0, 0.1) is 29.6 Å². The predicted molar refractivity (Wildman–Crippen MR) is 56.0 cm³/mol. The van der Waals surface area contributed by atoms with E-state index in [1.165, 1.54) is 19.3 Å². The van der Waals surface area contributed by atoms with Crippen LogP contribution in [0.3, 0.4) is 0 Å². The molecule has 0 aromatic carbocycles. The topological polar surface area (TPSA) is 49.3 Å². The number of fused-ring (bicyclic) bond motifs is 5. The van der Waals surface area contributed by atoms with Crippen LogP contribution in [0.5, 0.6) is 0 Å². The minimum absolute atomic E-state index is 0.197. The zero-order valence-electron chi connectivity index (χ0n) is 9.15. The molecule has 5 atom stereocenters. The van der Waals surface area contributed by atoms with E-state index in [-0.39, 0.29) is 5.91 Å². The molecular formula is C12H19NO2. The molecule has 0 aliphatic heterocycles. The Morgan fingerprint density at radius 3 is 2.53 bits per heavy atom. The number of carbonyl (C=O) groups excluding carboxylic acids is 1. The molecule has 3 aliphatic carbocycles. The minimum atomic E-state index is -0.427. The fraction of sp³-hybridized carbons (Fsp3) is 0.917. The van der Waals surface area contributed by atoms with Crippen molar-refractivity contribution in [3.8, 4) is 0 Å². The van der Waals surface area contributed by atoms with Gasteiger partial charge in [0.25, 0.3) is 0 Å². The average Bonchev–Trinajstić information content (AvgIpc) is 2.64. The Morgan fingerprint density at radius 2 is 2.00 bits per heavy atom. The van der Waals surface area contributed by atoms with Crippen molar-refractivity contribution in [1.29, 1.82) is 0 Å². The van der Waals surface area contributed by atoms with Gasteiger partial charge in [-0.1, -0.05) is 0 Å². The number of aliphatic hydroxyl groups excluding tert-OH is 1. The van der Waals surface area contributed by atoms with Crippen molar-refractivity contribution in [2.45, 2.75) is 32.3 Å². The second-order valence-electron chi connectivity index (χ2n) is 5.61. The van der Waals surface area contributed by atoms with Gasteiger partial charge in [-0.05, 0) is 49.9 Å². The van der Waals surface area contributed by atoms with Gasteiger partial charge in [-0.15, -0.1) is 0 Å². The molecule has 0 saturated heterocycles. The summed E-state index contributed by atoms with van der Waals surface area (Å²) in [5.41, 5.74) is 0. The van der Waals surface area contributed by atoms with Gasteiger partial charge in [0.05, 0.1) is 6.10 Å². The van der Waals surface area contributed by atoms with Crippen molar-refractivity contribution in [3.05, 3.63) is 0 Å². The molecule has 4 unspecified atom stereocenters. The number of hydrogen-bond acceptors (Lipinski definition) is 2. The summed E-state index contributed by atoms with van der Waals surface area (Å²) in [5, 5.41) is 12.0. The first-order valence-electron chi connectivity index (χ1n) is 6.14. The van der Waals surface area contributed by atoms with Crippen LogP contribution in [0.4, 0.5) is 0 Å². The van der Waals surface area contributed by atoms with Gasteiger partial charge in [0.15, 0.2) is 0 Å². The molecule has 3 nitrogen and oxygen atoms in total. The van der Waals surface area contributed by atoms with Gasteiger partial charge in [-0.3, -0.25) is 4.79 Å². The summed E-state index contributed by atoms with van der Waals surface area (Å²) in [5.74, 6) is 3.61. The summed E-state index contributed by atoms with van der Waals surface area (Å²) in [6.07, 6.45) is 3.66. The van der Waals surface area contributed by atoms with Crippen LogP contribution in [-0.2, 0) is 4.79 Å². The predicted octanol–water partition coefficient (Wildman–Crippen LogP) is 0.775. The Morgan fingerprint density at radius 1 is 1.40 bits per heavy atom. The van der Waals surface area contributed by atoms with Gasteiger partial charge in [-0.2, -0.15) is 0 Å². The first-order chi connectivity index (χ1) is 7.18. The van der Waals surface area contributed by atoms with E-state index in [1.807, 2.05) is 0 Å². The summed E-state index contributed by atoms with van der Waals surface area (Å²) < 4.78 is 0. The Bertz CT molecular complexity index is 273. The molecule has 3 heteroatoms. The number of aliphatic hydroxyl groups is 1. The van der Waals surface area contributed by atoms with Crippen molar-refractivity contribution < 1.29 is 9.90 Å². The van der Waals surface area contributed by atoms with Crippen LogP contribution in [0.2, 0.25) is 0 Å². The Hall–Kier alpha value is -0.570. The highest BCUT2D eigenvalue weighted by Gasteiger charge is 2.67. The van der Waals surface area contributed by atoms with Gasteiger partial charge in [0.2, 0.25) is 5.91 Å². The lowest BCUT2D eigenvalue weighted by molar-refractivity contribution is -0.123. The molecule has 0 aromatic heterocycles. The molecule has 2 bridgehead atoms. The van der Waals surface area contributed by atoms with Crippen molar-refractivity contribution in [2.24, 2.45) is 29.6 Å². The number of nitrogens with one attached hydrogen (secondary N) is 1. The van der Waals surface area contributed by atoms with E-state index in [0.717, 1.165) is 11.8 Å². The summed E-state index contributed by atoms with van der Waals surface area (Å²) in [4.78, 5) is 11.8. The van der Waals surface area contributed by atoms with Crippen LogP contribution in [-0.4, -0.2) is 23.7 Å². The molecule has 3 fully saturated rings. The third kappa shape index (κ3) is 1.40. The molecule has 1 amide bonds. The SMILES string of the molecule is C[C@H](O)CNC(=O)C1C2C3CCC(C3)C12. The van der Waals surface area contributed by atoms with E-state index in [2.05, 4.69) is 5.32 Å². The first kappa shape index (κ1) is 9.64. The largest absolute Gasteiger partial charge is 0.392 e. The van der Waals surface area contributed by atoms with E-state index >= 15 is 0 Å². The lowest BCUT2D eigenvalue weighted by Crippen LogP contribution is -2.33. The number of amides is 1. The van der Waals surface area contributed by atoms with E-state index in [4.69, 9.17) is 5.11 Å². The standard InChI is InChI=1S/C12H19NO2/c1-6(14)5-13-12(15)11-9-7-2-3-8(4-7)10(9)11/h6-11,14H,2-5H2,1H3,(H,13,15)/t6-,7?,8?,9?,10?,11?/m0/s1. The molecule has 2 N–H and O–H groups in total. The van der Waals surface area contributed by atoms with Crippen LogP contribution < -0.4 is 5.32 Å². The second-order valence-corrected chi connectivity index (χ2v) is 5.61. The molecule has 3 rings (SSSR count). The molecule has 15 heavy (non-hydrogen) atoms. The third-order valence-electron chi connectivity index (χ3n) is 4.61. The summed E-state index contributed by atoms with van der Waals surface area (Å²) in [6, 6.07) is 0. The molecule has 3 saturated carbocycles. The highest BCUT2D eigenvalue weighted by molar-refractivity contribution is 5.82. The van der Waals surface area contributed by atoms with Gasteiger partial charge in [-0.25, -0.2) is 0 Å². The summed E-state index contributed by atoms with van der Waals surface area (Å²) >= 11 is 0. The first-order valence-corrected chi connectivity index (χ1v) is 6.14. The lowest BCUT2D eigenvalue weighted by atomic mass is 10.0. The van der Waals surface area contributed by atoms with Crippen LogP contribution >= 0.6 is 0 Å². The van der Waals surface area contributed by atoms with Crippen LogP contribution in [0.25, 0.3) is 0 Å². The van der Waals surface area contributed by atoms with Crippen molar-refractivity contribution >= 4 is 5.91 Å². The maximum Gasteiger partial charge on any atom is 0.223 e. The highest BCUT2D eigenvalue weighted by Crippen LogP contribution is 2.69. The monoisotopic (exact) mass is 209 g/mol. The quantitative estimate of drug-likeness (QED) is 0.721. The molecule has 84 valence electrons. The van der Waals surface area contributed by atoms with Crippen LogP contribution in [0.15, 0.2) is 0 Å². The third-order valence-corrected chi connectivity index (χ3v) is 4.61. The Balaban J connectivity index is 1.56. The molecule has 3 aliphatic rings. The Labute approximate surface area is 90.2 Å². The zero-order valence-corrected chi connectivity index (χ0v) is 9.15. The van der Waals surface area contributed by atoms with E-state index in [1.54, 1.807) is 6.92 Å². The number of carbonyl (C=O) groups is 1. The van der Waals surface area contributed by atoms with E-state index in [9.17, 15) is 4.79 Å². The normalized spacial score (nSPS) is 47.5. The molecule has 0 spiro atoms. The summed E-state index contributed by atoms with van der Waals surface area (Å²) in [7, 11) is 0. The van der Waals surface area contributed by atoms with Crippen molar-refractivity contribution in [3.63, 3.8) is 0 Å². The number of rotatable bonds is 3. The van der Waals surface area contributed by atoms with E-state index < -0.39 is 6.10 Å². The van der Waals surface area contributed by atoms with Crippen molar-refractivity contribution in [1.82, 2.24) is 5.32 Å². The zero-order chi connectivity index (χ0) is 10.6. The molecular weight excluding hydrogens is 190 g/mol. The van der Waals surface area contributed by atoms with Gasteiger partial charge >= 0.3 is 0 Å². The summed E-state index contributed by atoms with van der Waals surface area (Å²) in [6.45, 7) is 2.11. The molecule has 0 aromatic rings. The van der Waals surface area contributed by atoms with Crippen LogP contribution in [0.1, 0.15) is 26.2 Å². The fourth-order valence-corrected chi connectivity index (χ4v) is 4.04. The van der Waals surface area contributed by atoms with E-state index in [0.29, 0.717) is 24.3 Å². The molecule has 0 heterocycles. The molecule has 0 radical (unpaired) electrons. The smallest absolute Gasteiger partial charge is 0.223 e. The number of hydrogen-bond donors (Lipinski definition) is 2. The maximum absolute atomic E-state index is 11.8.